The van der Waals surface area contributed by atoms with Crippen LogP contribution in [0.15, 0.2) is 18.2 Å². The number of fused-ring (bicyclic) bond motifs is 4. The molecule has 4 aliphatic rings. The fraction of sp³-hybridized carbons (Fsp3) is 0.636. The van der Waals surface area contributed by atoms with Crippen molar-refractivity contribution in [2.45, 2.75) is 102 Å². The van der Waals surface area contributed by atoms with Crippen molar-refractivity contribution in [3.63, 3.8) is 0 Å². The Hall–Kier alpha value is -3.76. The largest absolute Gasteiger partial charge is 0.496 e. The van der Waals surface area contributed by atoms with E-state index in [1.807, 2.05) is 13.0 Å². The molecule has 5 atom stereocenters. The molecule has 2 saturated carbocycles. The van der Waals surface area contributed by atoms with Crippen molar-refractivity contribution in [1.82, 2.24) is 15.2 Å². The number of pyridine rings is 1. The van der Waals surface area contributed by atoms with E-state index in [9.17, 15) is 14.4 Å². The summed E-state index contributed by atoms with van der Waals surface area (Å²) in [7, 11) is 1.65. The number of aromatic nitrogens is 1. The smallest absolute Gasteiger partial charge is 0.408 e. The summed E-state index contributed by atoms with van der Waals surface area (Å²) in [5.41, 5.74) is 7.55. The second-order valence-corrected chi connectivity index (χ2v) is 12.7. The summed E-state index contributed by atoms with van der Waals surface area (Å²) in [5.74, 6) is 1.03. The van der Waals surface area contributed by atoms with Crippen molar-refractivity contribution >= 4 is 28.8 Å². The summed E-state index contributed by atoms with van der Waals surface area (Å²) >= 11 is 0. The number of rotatable bonds is 5. The van der Waals surface area contributed by atoms with Crippen LogP contribution in [0.5, 0.6) is 17.4 Å². The number of nitrogens with two attached hydrogens (primary N) is 1. The minimum atomic E-state index is -0.856. The Labute approximate surface area is 258 Å². The Kier molecular flexibility index (Phi) is 9.00. The van der Waals surface area contributed by atoms with Crippen LogP contribution in [0.25, 0.3) is 10.9 Å². The third kappa shape index (κ3) is 6.23. The molecule has 0 spiro atoms. The molecule has 3 fully saturated rings. The number of amides is 3. The molecule has 3 amide bonds. The van der Waals surface area contributed by atoms with Crippen molar-refractivity contribution in [2.75, 3.05) is 20.3 Å². The Morgan fingerprint density at radius 1 is 1.05 bits per heavy atom. The standard InChI is InChI=1S/C33H44N4O7/c1-3-42-29-17-28-23-14-21(27(41-2)16-24(23)35-29)12-6-10-19-11-7-13-26(19)44-33(40)36-30(20-8-4-5-9-20)32(39)37-18-22(43-28)15-25(37)31(34)38/h14,16-17,19-20,22,25-26,30H,3-13,15,18H2,1-2H3,(H2,34,38)(H,36,40)/t19-,22+,25-,26+,30-/m0/s1. The number of nitrogens with zero attached hydrogens (tertiary/aromatic N) is 2. The SMILES string of the molecule is CCOc1cc2c3cc(c(OC)cc3n1)CCC[C@H]1CCC[C@H]1OC(=O)N[C@@H](C1CCCC1)C(=O)N1C[C@@H](C[C@H]1C(N)=O)O2. The number of hydrogen-bond donors (Lipinski definition) is 2. The van der Waals surface area contributed by atoms with E-state index in [4.69, 9.17) is 29.7 Å². The summed E-state index contributed by atoms with van der Waals surface area (Å²) < 4.78 is 24.1. The number of benzene rings is 1. The Bertz CT molecular complexity index is 1390. The predicted octanol–water partition coefficient (Wildman–Crippen LogP) is 4.27. The quantitative estimate of drug-likeness (QED) is 0.513. The van der Waals surface area contributed by atoms with Gasteiger partial charge in [-0.2, -0.15) is 0 Å². The summed E-state index contributed by atoms with van der Waals surface area (Å²) in [6.45, 7) is 2.49. The zero-order valence-electron chi connectivity index (χ0n) is 25.7. The average molecular weight is 609 g/mol. The second-order valence-electron chi connectivity index (χ2n) is 12.7. The summed E-state index contributed by atoms with van der Waals surface area (Å²) in [6, 6.07) is 4.10. The first-order valence-corrected chi connectivity index (χ1v) is 16.2. The minimum Gasteiger partial charge on any atom is -0.496 e. The number of carbonyl (C=O) groups is 3. The average Bonchev–Trinajstić information content (AvgIpc) is 3.77. The van der Waals surface area contributed by atoms with Crippen LogP contribution in [-0.2, 0) is 20.7 Å². The Balaban J connectivity index is 1.40. The molecule has 3 N–H and O–H groups in total. The molecule has 1 aromatic carbocycles. The first kappa shape index (κ1) is 30.3. The van der Waals surface area contributed by atoms with Crippen molar-refractivity contribution in [1.29, 1.82) is 0 Å². The van der Waals surface area contributed by atoms with E-state index in [1.54, 1.807) is 13.2 Å². The third-order valence-electron chi connectivity index (χ3n) is 9.89. The molecular weight excluding hydrogens is 564 g/mol. The molecule has 6 rings (SSSR count). The molecular formula is C33H44N4O7. The highest BCUT2D eigenvalue weighted by Crippen LogP contribution is 2.38. The monoisotopic (exact) mass is 608 g/mol. The molecule has 2 aliphatic carbocycles. The number of carbonyl (C=O) groups excluding carboxylic acids is 3. The van der Waals surface area contributed by atoms with Crippen LogP contribution < -0.4 is 25.3 Å². The van der Waals surface area contributed by atoms with Crippen LogP contribution in [0, 0.1) is 11.8 Å². The van der Waals surface area contributed by atoms with Crippen LogP contribution in [0.4, 0.5) is 4.79 Å². The normalized spacial score (nSPS) is 28.1. The van der Waals surface area contributed by atoms with Crippen LogP contribution >= 0.6 is 0 Å². The molecule has 44 heavy (non-hydrogen) atoms. The number of hydrogen-bond acceptors (Lipinski definition) is 8. The highest BCUT2D eigenvalue weighted by atomic mass is 16.6. The predicted molar refractivity (Wildman–Crippen MR) is 163 cm³/mol. The fourth-order valence-electron chi connectivity index (χ4n) is 7.72. The first-order valence-electron chi connectivity index (χ1n) is 16.2. The van der Waals surface area contributed by atoms with Crippen LogP contribution in [0.1, 0.15) is 76.7 Å². The van der Waals surface area contributed by atoms with E-state index < -0.39 is 30.2 Å². The van der Waals surface area contributed by atoms with Gasteiger partial charge in [0, 0.05) is 23.9 Å². The Morgan fingerprint density at radius 2 is 1.82 bits per heavy atom. The molecule has 11 nitrogen and oxygen atoms in total. The number of aryl methyl sites for hydroxylation is 1. The van der Waals surface area contributed by atoms with Crippen molar-refractivity contribution in [3.05, 3.63) is 23.8 Å². The third-order valence-corrected chi connectivity index (χ3v) is 9.89. The van der Waals surface area contributed by atoms with Gasteiger partial charge in [0.25, 0.3) is 0 Å². The number of primary amides is 1. The van der Waals surface area contributed by atoms with E-state index in [1.165, 1.54) is 4.90 Å². The molecule has 1 saturated heterocycles. The lowest BCUT2D eigenvalue weighted by atomic mass is 9.95. The summed E-state index contributed by atoms with van der Waals surface area (Å²) in [6.07, 6.45) is 8.00. The fourth-order valence-corrected chi connectivity index (χ4v) is 7.72. The highest BCUT2D eigenvalue weighted by Gasteiger charge is 2.45. The Morgan fingerprint density at radius 3 is 2.57 bits per heavy atom. The van der Waals surface area contributed by atoms with Gasteiger partial charge in [0.05, 0.1) is 25.8 Å². The molecule has 2 aromatic rings. The van der Waals surface area contributed by atoms with Gasteiger partial charge in [-0.05, 0) is 81.8 Å². The molecule has 0 radical (unpaired) electrons. The van der Waals surface area contributed by atoms with Gasteiger partial charge in [-0.15, -0.1) is 0 Å². The lowest BCUT2D eigenvalue weighted by Gasteiger charge is -2.31. The summed E-state index contributed by atoms with van der Waals surface area (Å²) in [5, 5.41) is 3.75. The van der Waals surface area contributed by atoms with Gasteiger partial charge in [0.2, 0.25) is 17.7 Å². The van der Waals surface area contributed by atoms with Gasteiger partial charge in [0.15, 0.2) is 0 Å². The van der Waals surface area contributed by atoms with Gasteiger partial charge in [-0.1, -0.05) is 12.8 Å². The first-order chi connectivity index (χ1) is 21.3. The molecule has 11 heteroatoms. The number of methoxy groups -OCH3 is 1. The molecule has 4 bridgehead atoms. The summed E-state index contributed by atoms with van der Waals surface area (Å²) in [4.78, 5) is 46.3. The lowest BCUT2D eigenvalue weighted by Crippen LogP contribution is -2.55. The zero-order valence-corrected chi connectivity index (χ0v) is 25.7. The molecule has 2 aliphatic heterocycles. The van der Waals surface area contributed by atoms with Gasteiger partial charge < -0.3 is 34.9 Å². The maximum Gasteiger partial charge on any atom is 0.408 e. The van der Waals surface area contributed by atoms with Gasteiger partial charge in [-0.3, -0.25) is 9.59 Å². The van der Waals surface area contributed by atoms with Crippen molar-refractivity contribution in [2.24, 2.45) is 17.6 Å². The maximum atomic E-state index is 14.2. The van der Waals surface area contributed by atoms with E-state index >= 15 is 0 Å². The van der Waals surface area contributed by atoms with Gasteiger partial charge >= 0.3 is 6.09 Å². The van der Waals surface area contributed by atoms with Crippen LogP contribution in [0.3, 0.4) is 0 Å². The molecule has 0 unspecified atom stereocenters. The lowest BCUT2D eigenvalue weighted by molar-refractivity contribution is -0.140. The highest BCUT2D eigenvalue weighted by molar-refractivity contribution is 5.92. The van der Waals surface area contributed by atoms with E-state index in [2.05, 4.69) is 11.4 Å². The number of alkyl carbamates (subject to hydrolysis) is 1. The van der Waals surface area contributed by atoms with E-state index in [0.717, 1.165) is 80.9 Å². The molecule has 238 valence electrons. The molecule has 3 heterocycles. The van der Waals surface area contributed by atoms with Crippen molar-refractivity contribution in [3.8, 4) is 17.4 Å². The zero-order chi connectivity index (χ0) is 30.8. The molecule has 1 aromatic heterocycles. The topological polar surface area (TPSA) is 142 Å². The number of nitrogens with one attached hydrogen (secondary N) is 1. The van der Waals surface area contributed by atoms with Crippen LogP contribution in [-0.4, -0.2) is 72.3 Å². The van der Waals surface area contributed by atoms with Gasteiger partial charge in [0.1, 0.15) is 35.8 Å². The van der Waals surface area contributed by atoms with Crippen LogP contribution in [0.2, 0.25) is 0 Å². The maximum absolute atomic E-state index is 14.2. The van der Waals surface area contributed by atoms with E-state index in [-0.39, 0.29) is 36.8 Å². The second kappa shape index (κ2) is 13.1. The van der Waals surface area contributed by atoms with E-state index in [0.29, 0.717) is 23.8 Å². The van der Waals surface area contributed by atoms with Crippen molar-refractivity contribution < 1.29 is 33.3 Å². The number of ether oxygens (including phenoxy) is 4. The minimum absolute atomic E-state index is 0.0280. The van der Waals surface area contributed by atoms with Gasteiger partial charge in [-0.25, -0.2) is 9.78 Å².